The zero-order valence-corrected chi connectivity index (χ0v) is 16.2. The maximum atomic E-state index is 12.5. The van der Waals surface area contributed by atoms with Gasteiger partial charge in [-0.1, -0.05) is 73.7 Å². The lowest BCUT2D eigenvalue weighted by Gasteiger charge is -2.10. The first-order valence-electron chi connectivity index (χ1n) is 9.41. The molecule has 0 aliphatic rings. The normalized spacial score (nSPS) is 11.1. The van der Waals surface area contributed by atoms with Crippen molar-refractivity contribution in [2.75, 3.05) is 6.61 Å². The summed E-state index contributed by atoms with van der Waals surface area (Å²) in [5, 5.41) is 4.26. The fourth-order valence-corrected chi connectivity index (χ4v) is 2.79. The third-order valence-electron chi connectivity index (χ3n) is 4.33. The third-order valence-corrected chi connectivity index (χ3v) is 4.33. The fourth-order valence-electron chi connectivity index (χ4n) is 2.79. The highest BCUT2D eigenvalue weighted by Gasteiger charge is 2.11. The van der Waals surface area contributed by atoms with Crippen LogP contribution in [0.3, 0.4) is 0 Å². The van der Waals surface area contributed by atoms with Crippen LogP contribution in [-0.2, 0) is 0 Å². The van der Waals surface area contributed by atoms with E-state index in [4.69, 9.17) is 4.74 Å². The molecule has 0 aliphatic heterocycles. The first kappa shape index (κ1) is 19.4. The largest absolute Gasteiger partial charge is 0.493 e. The molecule has 0 aromatic heterocycles. The first-order valence-corrected chi connectivity index (χ1v) is 9.41. The Kier molecular flexibility index (Phi) is 6.58. The second-order valence-electron chi connectivity index (χ2n) is 6.43. The smallest absolute Gasteiger partial charge is 0.275 e. The quantitative estimate of drug-likeness (QED) is 0.452. The number of carbonyl (C=O) groups excluding carboxylic acids is 1. The van der Waals surface area contributed by atoms with Gasteiger partial charge in [-0.2, -0.15) is 5.10 Å². The van der Waals surface area contributed by atoms with Crippen molar-refractivity contribution in [2.24, 2.45) is 5.10 Å². The second kappa shape index (κ2) is 9.51. The van der Waals surface area contributed by atoms with E-state index in [2.05, 4.69) is 34.8 Å². The highest BCUT2D eigenvalue weighted by atomic mass is 16.5. The molecule has 0 atom stereocenters. The van der Waals surface area contributed by atoms with E-state index >= 15 is 0 Å². The van der Waals surface area contributed by atoms with Gasteiger partial charge in [-0.3, -0.25) is 4.79 Å². The summed E-state index contributed by atoms with van der Waals surface area (Å²) < 4.78 is 5.64. The molecule has 0 spiro atoms. The Labute approximate surface area is 165 Å². The van der Waals surface area contributed by atoms with Crippen molar-refractivity contribution in [1.29, 1.82) is 0 Å². The number of amides is 1. The molecule has 0 unspecified atom stereocenters. The molecule has 3 aromatic rings. The first-order chi connectivity index (χ1) is 13.7. The SMILES string of the molecule is CCCOc1ccccc1C(=O)NN=C(C)c1ccc(-c2ccccc2)cc1. The Morgan fingerprint density at radius 1 is 0.893 bits per heavy atom. The summed E-state index contributed by atoms with van der Waals surface area (Å²) in [6, 6.07) is 25.5. The van der Waals surface area contributed by atoms with Gasteiger partial charge in [0.1, 0.15) is 5.75 Å². The molecule has 1 N–H and O–H groups in total. The van der Waals surface area contributed by atoms with Crippen LogP contribution in [-0.4, -0.2) is 18.2 Å². The molecular formula is C24H24N2O2. The molecule has 3 aromatic carbocycles. The standard InChI is InChI=1S/C24H24N2O2/c1-3-17-28-23-12-8-7-11-22(23)24(27)26-25-18(2)19-13-15-21(16-14-19)20-9-5-4-6-10-20/h4-16H,3,17H2,1-2H3,(H,26,27). The lowest BCUT2D eigenvalue weighted by Crippen LogP contribution is -2.20. The molecule has 28 heavy (non-hydrogen) atoms. The van der Waals surface area contributed by atoms with Gasteiger partial charge in [-0.15, -0.1) is 0 Å². The van der Waals surface area contributed by atoms with Crippen molar-refractivity contribution >= 4 is 11.6 Å². The second-order valence-corrected chi connectivity index (χ2v) is 6.43. The summed E-state index contributed by atoms with van der Waals surface area (Å²) in [5.74, 6) is 0.286. The Bertz CT molecular complexity index is 948. The molecule has 142 valence electrons. The Balaban J connectivity index is 1.70. The number of hydrogen-bond donors (Lipinski definition) is 1. The van der Waals surface area contributed by atoms with Crippen LogP contribution in [0, 0.1) is 0 Å². The minimum atomic E-state index is -0.285. The van der Waals surface area contributed by atoms with Crippen LogP contribution < -0.4 is 10.2 Å². The molecule has 0 saturated carbocycles. The van der Waals surface area contributed by atoms with Crippen LogP contribution in [0.15, 0.2) is 84.0 Å². The molecule has 3 rings (SSSR count). The Hall–Kier alpha value is -3.40. The van der Waals surface area contributed by atoms with E-state index in [9.17, 15) is 4.79 Å². The highest BCUT2D eigenvalue weighted by Crippen LogP contribution is 2.20. The molecule has 0 bridgehead atoms. The number of rotatable bonds is 7. The van der Waals surface area contributed by atoms with E-state index in [1.165, 1.54) is 5.56 Å². The summed E-state index contributed by atoms with van der Waals surface area (Å²) in [6.45, 7) is 4.47. The number of nitrogens with one attached hydrogen (secondary N) is 1. The van der Waals surface area contributed by atoms with Gasteiger partial charge in [0.25, 0.3) is 5.91 Å². The fraction of sp³-hybridized carbons (Fsp3) is 0.167. The van der Waals surface area contributed by atoms with Gasteiger partial charge in [0.05, 0.1) is 17.9 Å². The molecule has 0 heterocycles. The molecule has 0 saturated heterocycles. The van der Waals surface area contributed by atoms with Crippen LogP contribution in [0.5, 0.6) is 5.75 Å². The molecular weight excluding hydrogens is 348 g/mol. The Morgan fingerprint density at radius 3 is 2.25 bits per heavy atom. The maximum absolute atomic E-state index is 12.5. The van der Waals surface area contributed by atoms with Crippen LogP contribution in [0.4, 0.5) is 0 Å². The van der Waals surface area contributed by atoms with Crippen molar-refractivity contribution in [3.8, 4) is 16.9 Å². The summed E-state index contributed by atoms with van der Waals surface area (Å²) in [4.78, 5) is 12.5. The highest BCUT2D eigenvalue weighted by molar-refractivity contribution is 6.01. The lowest BCUT2D eigenvalue weighted by molar-refractivity contribution is 0.0950. The lowest BCUT2D eigenvalue weighted by atomic mass is 10.0. The average Bonchev–Trinajstić information content (AvgIpc) is 2.76. The summed E-state index contributed by atoms with van der Waals surface area (Å²) in [6.07, 6.45) is 0.881. The molecule has 0 fully saturated rings. The predicted octanol–water partition coefficient (Wildman–Crippen LogP) is 5.30. The van der Waals surface area contributed by atoms with Crippen LogP contribution in [0.1, 0.15) is 36.2 Å². The number of benzene rings is 3. The minimum absolute atomic E-state index is 0.285. The average molecular weight is 372 g/mol. The van der Waals surface area contributed by atoms with E-state index in [1.54, 1.807) is 12.1 Å². The molecule has 0 aliphatic carbocycles. The predicted molar refractivity (Wildman–Crippen MR) is 114 cm³/mol. The summed E-state index contributed by atoms with van der Waals surface area (Å²) >= 11 is 0. The molecule has 4 heteroatoms. The molecule has 0 radical (unpaired) electrons. The van der Waals surface area contributed by atoms with Crippen LogP contribution >= 0.6 is 0 Å². The van der Waals surface area contributed by atoms with Crippen LogP contribution in [0.25, 0.3) is 11.1 Å². The maximum Gasteiger partial charge on any atom is 0.275 e. The van der Waals surface area contributed by atoms with Gasteiger partial charge in [0.15, 0.2) is 0 Å². The van der Waals surface area contributed by atoms with Crippen molar-refractivity contribution in [3.63, 3.8) is 0 Å². The third kappa shape index (κ3) is 4.86. The van der Waals surface area contributed by atoms with E-state index in [0.29, 0.717) is 17.9 Å². The summed E-state index contributed by atoms with van der Waals surface area (Å²) in [7, 11) is 0. The van der Waals surface area contributed by atoms with Gasteiger partial charge in [-0.05, 0) is 42.2 Å². The molecule has 1 amide bonds. The number of carbonyl (C=O) groups is 1. The van der Waals surface area contributed by atoms with E-state index < -0.39 is 0 Å². The van der Waals surface area contributed by atoms with Crippen molar-refractivity contribution in [1.82, 2.24) is 5.43 Å². The van der Waals surface area contributed by atoms with E-state index in [0.717, 1.165) is 23.3 Å². The number of hydrogen-bond acceptors (Lipinski definition) is 3. The van der Waals surface area contributed by atoms with E-state index in [1.807, 2.05) is 56.3 Å². The minimum Gasteiger partial charge on any atom is -0.493 e. The molecule has 4 nitrogen and oxygen atoms in total. The number of hydrazone groups is 1. The Morgan fingerprint density at radius 2 is 1.54 bits per heavy atom. The van der Waals surface area contributed by atoms with Gasteiger partial charge >= 0.3 is 0 Å². The van der Waals surface area contributed by atoms with Gasteiger partial charge in [0.2, 0.25) is 0 Å². The van der Waals surface area contributed by atoms with Gasteiger partial charge in [0, 0.05) is 0 Å². The van der Waals surface area contributed by atoms with Crippen LogP contribution in [0.2, 0.25) is 0 Å². The van der Waals surface area contributed by atoms with Crippen molar-refractivity contribution in [3.05, 3.63) is 90.0 Å². The van der Waals surface area contributed by atoms with Crippen molar-refractivity contribution in [2.45, 2.75) is 20.3 Å². The topological polar surface area (TPSA) is 50.7 Å². The zero-order chi connectivity index (χ0) is 19.8. The van der Waals surface area contributed by atoms with Gasteiger partial charge < -0.3 is 4.74 Å². The summed E-state index contributed by atoms with van der Waals surface area (Å²) in [5.41, 5.74) is 7.11. The van der Waals surface area contributed by atoms with Gasteiger partial charge in [-0.25, -0.2) is 5.43 Å². The number of ether oxygens (including phenoxy) is 1. The number of nitrogens with zero attached hydrogens (tertiary/aromatic N) is 1. The zero-order valence-electron chi connectivity index (χ0n) is 16.2. The van der Waals surface area contributed by atoms with Crippen molar-refractivity contribution < 1.29 is 9.53 Å². The van der Waals surface area contributed by atoms with E-state index in [-0.39, 0.29) is 5.91 Å². The monoisotopic (exact) mass is 372 g/mol. The number of para-hydroxylation sites is 1.